The molecule has 0 saturated heterocycles. The van der Waals surface area contributed by atoms with E-state index >= 15 is 0 Å². The molecule has 0 bridgehead atoms. The van der Waals surface area contributed by atoms with Gasteiger partial charge in [0.25, 0.3) is 0 Å². The van der Waals surface area contributed by atoms with Crippen LogP contribution in [0.4, 0.5) is 0 Å². The third-order valence-corrected chi connectivity index (χ3v) is 5.10. The van der Waals surface area contributed by atoms with Gasteiger partial charge in [-0.15, -0.1) is 0 Å². The third kappa shape index (κ3) is 2.41. The van der Waals surface area contributed by atoms with Crippen molar-refractivity contribution in [3.63, 3.8) is 0 Å². The second kappa shape index (κ2) is 4.12. The molecule has 0 fully saturated rings. The van der Waals surface area contributed by atoms with E-state index in [4.69, 9.17) is 5.73 Å². The van der Waals surface area contributed by atoms with E-state index in [2.05, 4.69) is 0 Å². The van der Waals surface area contributed by atoms with E-state index in [-0.39, 0.29) is 0 Å². The highest BCUT2D eigenvalue weighted by Crippen LogP contribution is 2.45. The van der Waals surface area contributed by atoms with Gasteiger partial charge in [0.1, 0.15) is 0 Å². The number of nitrogens with two attached hydrogens (primary N) is 1. The Bertz CT molecular complexity index is 136. The Balaban J connectivity index is 4.10. The van der Waals surface area contributed by atoms with Crippen LogP contribution in [-0.4, -0.2) is 37.6 Å². The van der Waals surface area contributed by atoms with Crippen molar-refractivity contribution in [2.75, 3.05) is 33.0 Å². The molecular formula is C6H17N2OP. The molecule has 0 spiro atoms. The first-order chi connectivity index (χ1) is 4.56. The van der Waals surface area contributed by atoms with Crippen molar-refractivity contribution in [2.24, 2.45) is 5.73 Å². The zero-order valence-corrected chi connectivity index (χ0v) is 7.90. The number of hydrogen-bond acceptors (Lipinski definition) is 2. The van der Waals surface area contributed by atoms with Gasteiger partial charge in [-0.05, 0) is 14.1 Å². The van der Waals surface area contributed by atoms with E-state index in [1.54, 1.807) is 4.67 Å². The molecule has 0 aromatic heterocycles. The van der Waals surface area contributed by atoms with Crippen LogP contribution in [0.15, 0.2) is 0 Å². The van der Waals surface area contributed by atoms with Gasteiger partial charge >= 0.3 is 0 Å². The van der Waals surface area contributed by atoms with Crippen molar-refractivity contribution >= 4 is 7.29 Å². The SMILES string of the molecule is CCP(=O)(CCN)N(C)C. The maximum atomic E-state index is 11.7. The predicted molar refractivity (Wildman–Crippen MR) is 45.8 cm³/mol. The topological polar surface area (TPSA) is 46.3 Å². The van der Waals surface area contributed by atoms with Gasteiger partial charge in [-0.25, -0.2) is 0 Å². The summed E-state index contributed by atoms with van der Waals surface area (Å²) in [5.41, 5.74) is 5.33. The van der Waals surface area contributed by atoms with Crippen molar-refractivity contribution in [1.82, 2.24) is 4.67 Å². The van der Waals surface area contributed by atoms with Crippen molar-refractivity contribution in [2.45, 2.75) is 6.92 Å². The molecule has 10 heavy (non-hydrogen) atoms. The van der Waals surface area contributed by atoms with Crippen LogP contribution >= 0.6 is 7.29 Å². The molecule has 0 aromatic carbocycles. The quantitative estimate of drug-likeness (QED) is 0.625. The van der Waals surface area contributed by atoms with Gasteiger partial charge in [-0.3, -0.25) is 4.67 Å². The smallest absolute Gasteiger partial charge is 0.150 e. The van der Waals surface area contributed by atoms with Crippen molar-refractivity contribution < 1.29 is 4.57 Å². The van der Waals surface area contributed by atoms with Gasteiger partial charge in [-0.2, -0.15) is 0 Å². The minimum atomic E-state index is -2.06. The lowest BCUT2D eigenvalue weighted by atomic mass is 10.8. The summed E-state index contributed by atoms with van der Waals surface area (Å²) < 4.78 is 13.5. The van der Waals surface area contributed by atoms with Crippen LogP contribution in [0, 0.1) is 0 Å². The van der Waals surface area contributed by atoms with E-state index in [0.29, 0.717) is 12.7 Å². The number of hydrogen-bond donors (Lipinski definition) is 1. The minimum absolute atomic E-state index is 0.517. The summed E-state index contributed by atoms with van der Waals surface area (Å²) in [7, 11) is 1.63. The summed E-state index contributed by atoms with van der Waals surface area (Å²) in [5, 5.41) is 0. The van der Waals surface area contributed by atoms with Gasteiger partial charge in [0, 0.05) is 18.9 Å². The molecule has 1 unspecified atom stereocenters. The molecule has 0 radical (unpaired) electrons. The van der Waals surface area contributed by atoms with Gasteiger partial charge in [0.2, 0.25) is 0 Å². The molecule has 0 aromatic rings. The predicted octanol–water partition coefficient (Wildman–Crippen LogP) is 0.805. The lowest BCUT2D eigenvalue weighted by Crippen LogP contribution is -2.17. The largest absolute Gasteiger partial charge is 0.330 e. The molecule has 0 aliphatic carbocycles. The van der Waals surface area contributed by atoms with Crippen LogP contribution in [0.2, 0.25) is 0 Å². The summed E-state index contributed by atoms with van der Waals surface area (Å²) in [6, 6.07) is 0. The summed E-state index contributed by atoms with van der Waals surface area (Å²) in [6.45, 7) is 2.46. The van der Waals surface area contributed by atoms with Gasteiger partial charge in [-0.1, -0.05) is 6.92 Å². The molecule has 0 amide bonds. The fraction of sp³-hybridized carbons (Fsp3) is 1.00. The molecule has 0 rings (SSSR count). The maximum absolute atomic E-state index is 11.7. The first kappa shape index (κ1) is 10.2. The first-order valence-corrected chi connectivity index (χ1v) is 5.55. The molecule has 3 nitrogen and oxygen atoms in total. The Kier molecular flexibility index (Phi) is 4.18. The second-order valence-corrected chi connectivity index (χ2v) is 6.09. The molecule has 0 aliphatic heterocycles. The Hall–Kier alpha value is 0.150. The lowest BCUT2D eigenvalue weighted by molar-refractivity contribution is 0.515. The van der Waals surface area contributed by atoms with E-state index in [0.717, 1.165) is 6.16 Å². The normalized spacial score (nSPS) is 17.3. The van der Waals surface area contributed by atoms with E-state index in [1.165, 1.54) is 0 Å². The fourth-order valence-corrected chi connectivity index (χ4v) is 2.53. The molecule has 2 N–H and O–H groups in total. The highest BCUT2D eigenvalue weighted by molar-refractivity contribution is 7.61. The number of rotatable bonds is 4. The molecule has 0 aliphatic rings. The van der Waals surface area contributed by atoms with Crippen LogP contribution in [0.5, 0.6) is 0 Å². The average molecular weight is 164 g/mol. The highest BCUT2D eigenvalue weighted by atomic mass is 31.2. The fourth-order valence-electron chi connectivity index (χ4n) is 0.843. The average Bonchev–Trinajstić information content (AvgIpc) is 1.88. The zero-order valence-electron chi connectivity index (χ0n) is 7.00. The summed E-state index contributed by atoms with van der Waals surface area (Å²) in [5.74, 6) is 0. The highest BCUT2D eigenvalue weighted by Gasteiger charge is 2.20. The summed E-state index contributed by atoms with van der Waals surface area (Å²) >= 11 is 0. The monoisotopic (exact) mass is 164 g/mol. The number of nitrogens with zero attached hydrogens (tertiary/aromatic N) is 1. The minimum Gasteiger partial charge on any atom is -0.330 e. The molecule has 1 atom stereocenters. The van der Waals surface area contributed by atoms with E-state index in [9.17, 15) is 4.57 Å². The molecular weight excluding hydrogens is 147 g/mol. The van der Waals surface area contributed by atoms with E-state index < -0.39 is 7.29 Å². The summed E-state index contributed by atoms with van der Waals surface area (Å²) in [6.07, 6.45) is 1.35. The zero-order chi connectivity index (χ0) is 8.20. The van der Waals surface area contributed by atoms with Crippen molar-refractivity contribution in [3.05, 3.63) is 0 Å². The van der Waals surface area contributed by atoms with Crippen LogP contribution in [0.3, 0.4) is 0 Å². The van der Waals surface area contributed by atoms with Crippen molar-refractivity contribution in [1.29, 1.82) is 0 Å². The molecule has 0 heterocycles. The first-order valence-electron chi connectivity index (χ1n) is 3.52. The Morgan fingerprint density at radius 2 is 2.00 bits per heavy atom. The van der Waals surface area contributed by atoms with Crippen LogP contribution < -0.4 is 5.73 Å². The van der Waals surface area contributed by atoms with Gasteiger partial charge in [0.05, 0.1) is 0 Å². The van der Waals surface area contributed by atoms with Gasteiger partial charge in [0.15, 0.2) is 7.29 Å². The van der Waals surface area contributed by atoms with Gasteiger partial charge < -0.3 is 10.3 Å². The van der Waals surface area contributed by atoms with Crippen LogP contribution in [0.1, 0.15) is 6.92 Å². The second-order valence-electron chi connectivity index (χ2n) is 2.52. The molecule has 62 valence electrons. The van der Waals surface area contributed by atoms with Crippen molar-refractivity contribution in [3.8, 4) is 0 Å². The maximum Gasteiger partial charge on any atom is 0.150 e. The molecule has 4 heteroatoms. The van der Waals surface area contributed by atoms with Crippen LogP contribution in [-0.2, 0) is 4.57 Å². The molecule has 0 saturated carbocycles. The Labute approximate surface area is 63.0 Å². The van der Waals surface area contributed by atoms with Crippen LogP contribution in [0.25, 0.3) is 0 Å². The summed E-state index contributed by atoms with van der Waals surface area (Å²) in [4.78, 5) is 0. The van der Waals surface area contributed by atoms with E-state index in [1.807, 2.05) is 21.0 Å². The third-order valence-electron chi connectivity index (χ3n) is 1.70. The lowest BCUT2D eigenvalue weighted by Gasteiger charge is -2.22. The Morgan fingerprint density at radius 1 is 1.50 bits per heavy atom. The Morgan fingerprint density at radius 3 is 2.10 bits per heavy atom. The standard InChI is InChI=1S/C6H17N2OP/c1-4-10(9,6-5-7)8(2)3/h4-7H2,1-3H3.